The van der Waals surface area contributed by atoms with Gasteiger partial charge >= 0.3 is 0 Å². The molecule has 1 aromatic carbocycles. The first-order valence-corrected chi connectivity index (χ1v) is 7.48. The topological polar surface area (TPSA) is 52.0 Å². The van der Waals surface area contributed by atoms with E-state index in [0.717, 1.165) is 23.4 Å². The third kappa shape index (κ3) is 2.39. The molecule has 20 heavy (non-hydrogen) atoms. The van der Waals surface area contributed by atoms with E-state index in [2.05, 4.69) is 56.7 Å². The molecular weight excluding hydrogens is 320 g/mol. The average Bonchev–Trinajstić information content (AvgIpc) is 3.03. The normalized spacial score (nSPS) is 15.3. The summed E-state index contributed by atoms with van der Waals surface area (Å²) in [5.74, 6) is 0. The Labute approximate surface area is 126 Å². The third-order valence-electron chi connectivity index (χ3n) is 3.59. The van der Waals surface area contributed by atoms with Gasteiger partial charge in [0.15, 0.2) is 4.60 Å². The summed E-state index contributed by atoms with van der Waals surface area (Å²) in [7, 11) is 1.91. The summed E-state index contributed by atoms with van der Waals surface area (Å²) in [6.07, 6.45) is 0. The van der Waals surface area contributed by atoms with Crippen LogP contribution < -0.4 is 5.32 Å². The van der Waals surface area contributed by atoms with Crippen LogP contribution in [0.5, 0.6) is 0 Å². The van der Waals surface area contributed by atoms with Gasteiger partial charge in [0, 0.05) is 7.05 Å². The highest BCUT2D eigenvalue weighted by Crippen LogP contribution is 2.30. The lowest BCUT2D eigenvalue weighted by atomic mass is 9.99. The quantitative estimate of drug-likeness (QED) is 0.930. The molecule has 0 aliphatic carbocycles. The zero-order valence-electron chi connectivity index (χ0n) is 11.6. The monoisotopic (exact) mass is 336 g/mol. The standard InChI is InChI=1S/C14H17BrN4O/c1-3-16-12(13-14(15)17-18-19(13)2)9-4-5-10-7-20-8-11(10)6-9/h4-6,12,16H,3,7-8H2,1-2H3. The van der Waals surface area contributed by atoms with Gasteiger partial charge in [-0.1, -0.05) is 30.3 Å². The Bertz CT molecular complexity index is 606. The number of aryl methyl sites for hydroxylation is 1. The first-order chi connectivity index (χ1) is 9.70. The van der Waals surface area contributed by atoms with Crippen LogP contribution in [0.25, 0.3) is 0 Å². The van der Waals surface area contributed by atoms with Gasteiger partial charge in [0.1, 0.15) is 0 Å². The molecule has 0 spiro atoms. The maximum atomic E-state index is 5.49. The third-order valence-corrected chi connectivity index (χ3v) is 4.15. The zero-order chi connectivity index (χ0) is 14.1. The van der Waals surface area contributed by atoms with Crippen LogP contribution in [-0.2, 0) is 25.0 Å². The molecule has 1 atom stereocenters. The minimum absolute atomic E-state index is 0.0697. The van der Waals surface area contributed by atoms with Crippen molar-refractivity contribution in [2.24, 2.45) is 7.05 Å². The SMILES string of the molecule is CCNC(c1ccc2c(c1)COC2)c1c(Br)nnn1C. The summed E-state index contributed by atoms with van der Waals surface area (Å²) in [5.41, 5.74) is 4.80. The molecule has 0 saturated carbocycles. The van der Waals surface area contributed by atoms with Crippen molar-refractivity contribution in [1.82, 2.24) is 20.3 Å². The molecule has 1 aliphatic rings. The Morgan fingerprint density at radius 2 is 2.20 bits per heavy atom. The van der Waals surface area contributed by atoms with E-state index in [1.165, 1.54) is 16.7 Å². The van der Waals surface area contributed by atoms with Crippen LogP contribution in [0.4, 0.5) is 0 Å². The molecule has 3 rings (SSSR count). The van der Waals surface area contributed by atoms with E-state index in [4.69, 9.17) is 4.74 Å². The van der Waals surface area contributed by atoms with E-state index in [0.29, 0.717) is 6.61 Å². The number of nitrogens with one attached hydrogen (secondary N) is 1. The molecular formula is C14H17BrN4O. The van der Waals surface area contributed by atoms with Crippen molar-refractivity contribution in [1.29, 1.82) is 0 Å². The van der Waals surface area contributed by atoms with E-state index in [9.17, 15) is 0 Å². The molecule has 106 valence electrons. The summed E-state index contributed by atoms with van der Waals surface area (Å²) in [4.78, 5) is 0. The molecule has 1 N–H and O–H groups in total. The Morgan fingerprint density at radius 1 is 1.40 bits per heavy atom. The molecule has 0 saturated heterocycles. The van der Waals surface area contributed by atoms with E-state index >= 15 is 0 Å². The fourth-order valence-electron chi connectivity index (χ4n) is 2.59. The minimum Gasteiger partial charge on any atom is -0.372 e. The highest BCUT2D eigenvalue weighted by atomic mass is 79.9. The highest BCUT2D eigenvalue weighted by Gasteiger charge is 2.23. The van der Waals surface area contributed by atoms with Crippen LogP contribution >= 0.6 is 15.9 Å². The number of fused-ring (bicyclic) bond motifs is 1. The van der Waals surface area contributed by atoms with Crippen molar-refractivity contribution < 1.29 is 4.74 Å². The first-order valence-electron chi connectivity index (χ1n) is 6.68. The van der Waals surface area contributed by atoms with Crippen molar-refractivity contribution in [3.63, 3.8) is 0 Å². The maximum absolute atomic E-state index is 5.49. The highest BCUT2D eigenvalue weighted by molar-refractivity contribution is 9.10. The van der Waals surface area contributed by atoms with Gasteiger partial charge in [-0.15, -0.1) is 5.10 Å². The van der Waals surface area contributed by atoms with Crippen molar-refractivity contribution >= 4 is 15.9 Å². The van der Waals surface area contributed by atoms with Crippen molar-refractivity contribution in [2.75, 3.05) is 6.54 Å². The van der Waals surface area contributed by atoms with Gasteiger partial charge in [-0.05, 0) is 39.2 Å². The molecule has 2 aromatic rings. The van der Waals surface area contributed by atoms with Gasteiger partial charge in [-0.25, -0.2) is 4.68 Å². The molecule has 0 bridgehead atoms. The predicted octanol–water partition coefficient (Wildman–Crippen LogP) is 2.31. The van der Waals surface area contributed by atoms with Gasteiger partial charge in [-0.2, -0.15) is 0 Å². The van der Waals surface area contributed by atoms with Crippen LogP contribution in [0.1, 0.15) is 35.3 Å². The van der Waals surface area contributed by atoms with Crippen molar-refractivity contribution in [3.8, 4) is 0 Å². The largest absolute Gasteiger partial charge is 0.372 e. The smallest absolute Gasteiger partial charge is 0.153 e. The van der Waals surface area contributed by atoms with E-state index in [1.807, 2.05) is 7.05 Å². The summed E-state index contributed by atoms with van der Waals surface area (Å²) in [5, 5.41) is 11.7. The number of benzene rings is 1. The van der Waals surface area contributed by atoms with E-state index in [1.54, 1.807) is 4.68 Å². The van der Waals surface area contributed by atoms with Crippen LogP contribution in [0.3, 0.4) is 0 Å². The van der Waals surface area contributed by atoms with E-state index in [-0.39, 0.29) is 6.04 Å². The van der Waals surface area contributed by atoms with Gasteiger partial charge in [0.05, 0.1) is 24.9 Å². The Kier molecular flexibility index (Phi) is 3.87. The lowest BCUT2D eigenvalue weighted by Crippen LogP contribution is -2.24. The zero-order valence-corrected chi connectivity index (χ0v) is 13.1. The second-order valence-electron chi connectivity index (χ2n) is 4.90. The molecule has 0 fully saturated rings. The van der Waals surface area contributed by atoms with Crippen molar-refractivity contribution in [2.45, 2.75) is 26.2 Å². The maximum Gasteiger partial charge on any atom is 0.153 e. The Morgan fingerprint density at radius 3 is 2.90 bits per heavy atom. The molecule has 5 nitrogen and oxygen atoms in total. The molecule has 0 amide bonds. The lowest BCUT2D eigenvalue weighted by Gasteiger charge is -2.19. The van der Waals surface area contributed by atoms with Crippen LogP contribution in [0.2, 0.25) is 0 Å². The molecule has 2 heterocycles. The number of aromatic nitrogens is 3. The molecule has 1 unspecified atom stereocenters. The first kappa shape index (κ1) is 13.7. The second-order valence-corrected chi connectivity index (χ2v) is 5.65. The molecule has 1 aliphatic heterocycles. The summed E-state index contributed by atoms with van der Waals surface area (Å²) in [6.45, 7) is 4.39. The number of hydrogen-bond acceptors (Lipinski definition) is 4. The molecule has 6 heteroatoms. The van der Waals surface area contributed by atoms with Gasteiger partial charge in [0.25, 0.3) is 0 Å². The summed E-state index contributed by atoms with van der Waals surface area (Å²) >= 11 is 3.49. The number of ether oxygens (including phenoxy) is 1. The van der Waals surface area contributed by atoms with E-state index < -0.39 is 0 Å². The van der Waals surface area contributed by atoms with Crippen LogP contribution in [-0.4, -0.2) is 21.5 Å². The lowest BCUT2D eigenvalue weighted by molar-refractivity contribution is 0.134. The number of nitrogens with zero attached hydrogens (tertiary/aromatic N) is 3. The van der Waals surface area contributed by atoms with Gasteiger partial charge in [0.2, 0.25) is 0 Å². The van der Waals surface area contributed by atoms with Gasteiger partial charge in [-0.3, -0.25) is 0 Å². The number of halogens is 1. The number of rotatable bonds is 4. The Hall–Kier alpha value is -1.24. The fraction of sp³-hybridized carbons (Fsp3) is 0.429. The van der Waals surface area contributed by atoms with Gasteiger partial charge < -0.3 is 10.1 Å². The molecule has 0 radical (unpaired) electrons. The summed E-state index contributed by atoms with van der Waals surface area (Å²) in [6, 6.07) is 6.59. The van der Waals surface area contributed by atoms with Crippen molar-refractivity contribution in [3.05, 3.63) is 45.2 Å². The van der Waals surface area contributed by atoms with Crippen LogP contribution in [0, 0.1) is 0 Å². The second kappa shape index (κ2) is 5.63. The van der Waals surface area contributed by atoms with Crippen LogP contribution in [0.15, 0.2) is 22.8 Å². The predicted molar refractivity (Wildman–Crippen MR) is 79.2 cm³/mol. The number of hydrogen-bond donors (Lipinski definition) is 1. The summed E-state index contributed by atoms with van der Waals surface area (Å²) < 4.78 is 8.08. The average molecular weight is 337 g/mol. The fourth-order valence-corrected chi connectivity index (χ4v) is 3.15. The minimum atomic E-state index is 0.0697. The Balaban J connectivity index is 2.03. The molecule has 1 aromatic heterocycles.